The van der Waals surface area contributed by atoms with Crippen LogP contribution in [0, 0.1) is 0 Å². The lowest BCUT2D eigenvalue weighted by Gasteiger charge is -2.21. The topological polar surface area (TPSA) is 38.3 Å². The van der Waals surface area contributed by atoms with Crippen LogP contribution in [0.15, 0.2) is 59.5 Å². The van der Waals surface area contributed by atoms with Crippen molar-refractivity contribution in [3.05, 3.63) is 65.7 Å². The highest BCUT2D eigenvalue weighted by Gasteiger charge is 2.34. The van der Waals surface area contributed by atoms with E-state index >= 15 is 0 Å². The molecule has 1 aliphatic carbocycles. The largest absolute Gasteiger partial charge is 0.450 e. The fraction of sp³-hybridized carbons (Fsp3) is 0.278. The molecule has 2 aromatic carbocycles. The summed E-state index contributed by atoms with van der Waals surface area (Å²) >= 11 is 1.79. The second-order valence-corrected chi connectivity index (χ2v) is 6.44. The lowest BCUT2D eigenvalue weighted by molar-refractivity contribution is 0.148. The molecule has 3 rings (SSSR count). The number of thioether (sulfide) groups is 1. The number of nitrogens with one attached hydrogen (secondary N) is 1. The van der Waals surface area contributed by atoms with Gasteiger partial charge >= 0.3 is 6.09 Å². The zero-order valence-corrected chi connectivity index (χ0v) is 13.3. The lowest BCUT2D eigenvalue weighted by Crippen LogP contribution is -2.37. The van der Waals surface area contributed by atoms with Gasteiger partial charge in [0.2, 0.25) is 0 Å². The van der Waals surface area contributed by atoms with Crippen molar-refractivity contribution in [1.29, 1.82) is 0 Å². The standard InChI is InChI=1S/C18H19NO2S/c1-2-21-18(20)19-16-12-13-8-6-7-11-15(13)17(16)22-14-9-4-3-5-10-14/h3-11,16-17H,2,12H2,1H3,(H,19,20). The molecule has 0 fully saturated rings. The number of benzene rings is 2. The number of fused-ring (bicyclic) bond motifs is 1. The van der Waals surface area contributed by atoms with Gasteiger partial charge in [-0.25, -0.2) is 4.79 Å². The predicted octanol–water partition coefficient (Wildman–Crippen LogP) is 4.19. The zero-order chi connectivity index (χ0) is 15.4. The van der Waals surface area contributed by atoms with Crippen molar-refractivity contribution in [1.82, 2.24) is 5.32 Å². The van der Waals surface area contributed by atoms with Gasteiger partial charge in [0.1, 0.15) is 0 Å². The fourth-order valence-electron chi connectivity index (χ4n) is 2.80. The van der Waals surface area contributed by atoms with Gasteiger partial charge in [-0.05, 0) is 36.6 Å². The average molecular weight is 313 g/mol. The summed E-state index contributed by atoms with van der Waals surface area (Å²) in [5, 5.41) is 3.23. The van der Waals surface area contributed by atoms with Crippen LogP contribution in [0.2, 0.25) is 0 Å². The van der Waals surface area contributed by atoms with E-state index in [0.29, 0.717) is 6.61 Å². The van der Waals surface area contributed by atoms with Crippen LogP contribution in [-0.4, -0.2) is 18.7 Å². The third-order valence-electron chi connectivity index (χ3n) is 3.75. The van der Waals surface area contributed by atoms with Crippen LogP contribution < -0.4 is 5.32 Å². The molecule has 0 saturated heterocycles. The van der Waals surface area contributed by atoms with E-state index in [1.807, 2.05) is 25.1 Å². The molecule has 2 unspecified atom stereocenters. The van der Waals surface area contributed by atoms with Crippen molar-refractivity contribution >= 4 is 17.9 Å². The Morgan fingerprint density at radius 1 is 1.18 bits per heavy atom. The summed E-state index contributed by atoms with van der Waals surface area (Å²) in [6.07, 6.45) is 0.512. The Morgan fingerprint density at radius 3 is 2.68 bits per heavy atom. The molecule has 0 saturated carbocycles. The van der Waals surface area contributed by atoms with Crippen LogP contribution in [0.25, 0.3) is 0 Å². The van der Waals surface area contributed by atoms with E-state index in [1.54, 1.807) is 11.8 Å². The van der Waals surface area contributed by atoms with Gasteiger partial charge in [0, 0.05) is 4.90 Å². The minimum Gasteiger partial charge on any atom is -0.450 e. The Morgan fingerprint density at radius 2 is 1.91 bits per heavy atom. The molecule has 1 amide bonds. The Balaban J connectivity index is 1.82. The molecule has 0 spiro atoms. The summed E-state index contributed by atoms with van der Waals surface area (Å²) in [6.45, 7) is 2.21. The number of carbonyl (C=O) groups is 1. The number of hydrogen-bond donors (Lipinski definition) is 1. The van der Waals surface area contributed by atoms with Gasteiger partial charge in [-0.15, -0.1) is 11.8 Å². The quantitative estimate of drug-likeness (QED) is 0.919. The van der Waals surface area contributed by atoms with Gasteiger partial charge in [0.05, 0.1) is 17.9 Å². The Hall–Kier alpha value is -1.94. The minimum absolute atomic E-state index is 0.0571. The first-order valence-corrected chi connectivity index (χ1v) is 8.38. The van der Waals surface area contributed by atoms with Crippen LogP contribution in [-0.2, 0) is 11.2 Å². The van der Waals surface area contributed by atoms with E-state index in [2.05, 4.69) is 41.7 Å². The summed E-state index contributed by atoms with van der Waals surface area (Å²) < 4.78 is 5.04. The third-order valence-corrected chi connectivity index (χ3v) is 5.13. The molecule has 0 heterocycles. The number of ether oxygens (including phenoxy) is 1. The number of rotatable bonds is 4. The molecule has 114 valence electrons. The molecule has 3 nitrogen and oxygen atoms in total. The van der Waals surface area contributed by atoms with E-state index in [1.165, 1.54) is 16.0 Å². The number of carbonyl (C=O) groups excluding carboxylic acids is 1. The summed E-state index contributed by atoms with van der Waals surface area (Å²) in [6, 6.07) is 18.8. The average Bonchev–Trinajstić information content (AvgIpc) is 2.86. The maximum atomic E-state index is 11.8. The summed E-state index contributed by atoms with van der Waals surface area (Å²) in [5.41, 5.74) is 2.61. The van der Waals surface area contributed by atoms with Crippen LogP contribution in [0.5, 0.6) is 0 Å². The fourth-order valence-corrected chi connectivity index (χ4v) is 4.09. The molecule has 0 bridgehead atoms. The first-order valence-electron chi connectivity index (χ1n) is 7.50. The van der Waals surface area contributed by atoms with Crippen LogP contribution in [0.3, 0.4) is 0 Å². The van der Waals surface area contributed by atoms with Gasteiger partial charge in [-0.2, -0.15) is 0 Å². The normalized spacial score (nSPS) is 19.5. The SMILES string of the molecule is CCOC(=O)NC1Cc2ccccc2C1Sc1ccccc1. The smallest absolute Gasteiger partial charge is 0.407 e. The van der Waals surface area contributed by atoms with E-state index in [-0.39, 0.29) is 17.4 Å². The molecular formula is C18H19NO2S. The monoisotopic (exact) mass is 313 g/mol. The molecule has 0 aliphatic heterocycles. The van der Waals surface area contributed by atoms with Gasteiger partial charge in [-0.3, -0.25) is 0 Å². The molecule has 2 aromatic rings. The first-order chi connectivity index (χ1) is 10.8. The van der Waals surface area contributed by atoms with Crippen molar-refractivity contribution in [3.8, 4) is 0 Å². The van der Waals surface area contributed by atoms with E-state index in [0.717, 1.165) is 6.42 Å². The maximum absolute atomic E-state index is 11.8. The number of hydrogen-bond acceptors (Lipinski definition) is 3. The van der Waals surface area contributed by atoms with Crippen molar-refractivity contribution in [3.63, 3.8) is 0 Å². The van der Waals surface area contributed by atoms with Gasteiger partial charge in [0.15, 0.2) is 0 Å². The van der Waals surface area contributed by atoms with Crippen molar-refractivity contribution in [2.75, 3.05) is 6.61 Å². The third kappa shape index (κ3) is 3.28. The van der Waals surface area contributed by atoms with Crippen molar-refractivity contribution in [2.24, 2.45) is 0 Å². The summed E-state index contributed by atoms with van der Waals surface area (Å²) in [4.78, 5) is 13.0. The minimum atomic E-state index is -0.334. The molecule has 0 aromatic heterocycles. The highest BCUT2D eigenvalue weighted by molar-refractivity contribution is 7.99. The molecular weight excluding hydrogens is 294 g/mol. The second-order valence-electron chi connectivity index (χ2n) is 5.23. The first kappa shape index (κ1) is 15.0. The Bertz CT molecular complexity index is 645. The highest BCUT2D eigenvalue weighted by atomic mass is 32.2. The highest BCUT2D eigenvalue weighted by Crippen LogP contribution is 2.44. The van der Waals surface area contributed by atoms with E-state index in [9.17, 15) is 4.79 Å². The second kappa shape index (κ2) is 6.88. The molecule has 0 radical (unpaired) electrons. The maximum Gasteiger partial charge on any atom is 0.407 e. The zero-order valence-electron chi connectivity index (χ0n) is 12.5. The van der Waals surface area contributed by atoms with Crippen molar-refractivity contribution < 1.29 is 9.53 Å². The van der Waals surface area contributed by atoms with Gasteiger partial charge in [-0.1, -0.05) is 42.5 Å². The molecule has 1 aliphatic rings. The van der Waals surface area contributed by atoms with E-state index in [4.69, 9.17) is 4.74 Å². The van der Waals surface area contributed by atoms with Gasteiger partial charge in [0.25, 0.3) is 0 Å². The van der Waals surface area contributed by atoms with Crippen LogP contribution in [0.1, 0.15) is 23.3 Å². The summed E-state index contributed by atoms with van der Waals surface area (Å²) in [7, 11) is 0. The van der Waals surface area contributed by atoms with Crippen LogP contribution in [0.4, 0.5) is 4.79 Å². The molecule has 2 atom stereocenters. The number of amides is 1. The van der Waals surface area contributed by atoms with E-state index < -0.39 is 0 Å². The summed E-state index contributed by atoms with van der Waals surface area (Å²) in [5.74, 6) is 0. The lowest BCUT2D eigenvalue weighted by atomic mass is 10.1. The number of alkyl carbamates (subject to hydrolysis) is 1. The Labute approximate surface area is 135 Å². The Kier molecular flexibility index (Phi) is 4.68. The molecule has 1 N–H and O–H groups in total. The predicted molar refractivity (Wildman–Crippen MR) is 89.1 cm³/mol. The van der Waals surface area contributed by atoms with Gasteiger partial charge < -0.3 is 10.1 Å². The van der Waals surface area contributed by atoms with Crippen molar-refractivity contribution in [2.45, 2.75) is 29.5 Å². The van der Waals surface area contributed by atoms with Crippen LogP contribution >= 0.6 is 11.8 Å². The molecule has 4 heteroatoms. The molecule has 22 heavy (non-hydrogen) atoms.